The van der Waals surface area contributed by atoms with Crippen LogP contribution in [0, 0.1) is 12.8 Å². The van der Waals surface area contributed by atoms with Crippen molar-refractivity contribution < 1.29 is 4.79 Å². The summed E-state index contributed by atoms with van der Waals surface area (Å²) < 4.78 is 1.03. The van der Waals surface area contributed by atoms with E-state index in [9.17, 15) is 4.79 Å². The Bertz CT molecular complexity index is 382. The fourth-order valence-electron chi connectivity index (χ4n) is 1.82. The lowest BCUT2D eigenvalue weighted by Crippen LogP contribution is -2.32. The van der Waals surface area contributed by atoms with Gasteiger partial charge in [-0.25, -0.2) is 0 Å². The summed E-state index contributed by atoms with van der Waals surface area (Å²) in [5.41, 5.74) is 1.11. The Kier molecular flexibility index (Phi) is 6.88. The summed E-state index contributed by atoms with van der Waals surface area (Å²) in [6, 6.07) is 1.92. The highest BCUT2D eigenvalue weighted by Gasteiger charge is 2.17. The summed E-state index contributed by atoms with van der Waals surface area (Å²) in [5.74, 6) is 0.631. The van der Waals surface area contributed by atoms with Gasteiger partial charge in [0.05, 0.1) is 8.66 Å². The fraction of sp³-hybridized carbons (Fsp3) is 0.615. The molecular weight excluding hydrogens is 378 g/mol. The minimum Gasteiger partial charge on any atom is -0.350 e. The van der Waals surface area contributed by atoms with Gasteiger partial charge in [0, 0.05) is 11.4 Å². The lowest BCUT2D eigenvalue weighted by atomic mass is 9.99. The molecule has 1 aromatic heterocycles. The zero-order valence-corrected chi connectivity index (χ0v) is 14.9. The maximum absolute atomic E-state index is 12.0. The zero-order valence-electron chi connectivity index (χ0n) is 10.9. The van der Waals surface area contributed by atoms with E-state index < -0.39 is 0 Å². The molecule has 2 nitrogen and oxygen atoms in total. The maximum atomic E-state index is 12.0. The van der Waals surface area contributed by atoms with E-state index in [1.165, 1.54) is 11.3 Å². The predicted molar refractivity (Wildman–Crippen MR) is 85.9 cm³/mol. The lowest BCUT2D eigenvalue weighted by molar-refractivity contribution is 0.0956. The molecular formula is C13H19Br2NOS. The number of alkyl halides is 1. The van der Waals surface area contributed by atoms with Crippen LogP contribution in [0.1, 0.15) is 41.9 Å². The Morgan fingerprint density at radius 2 is 2.06 bits per heavy atom. The smallest absolute Gasteiger partial charge is 0.261 e. The minimum absolute atomic E-state index is 0.0178. The number of thiophene rings is 1. The van der Waals surface area contributed by atoms with Crippen molar-refractivity contribution in [3.63, 3.8) is 0 Å². The standard InChI is InChI=1S/C13H19Br2NOS/c1-4-9(5-2)10(14)7-16-13(17)11-6-8(3)12(15)18-11/h6,9-10H,4-5,7H2,1-3H3,(H,16,17). The highest BCUT2D eigenvalue weighted by molar-refractivity contribution is 9.11. The van der Waals surface area contributed by atoms with E-state index in [0.717, 1.165) is 27.1 Å². The molecule has 1 atom stereocenters. The summed E-state index contributed by atoms with van der Waals surface area (Å²) in [4.78, 5) is 13.1. The van der Waals surface area contributed by atoms with Crippen LogP contribution >= 0.6 is 43.2 Å². The molecule has 0 fully saturated rings. The molecule has 1 N–H and O–H groups in total. The zero-order chi connectivity index (χ0) is 13.7. The molecule has 0 bridgehead atoms. The molecule has 1 rings (SSSR count). The number of rotatable bonds is 6. The second-order valence-corrected chi connectivity index (χ2v) is 7.92. The fourth-order valence-corrected chi connectivity index (χ4v) is 4.18. The summed E-state index contributed by atoms with van der Waals surface area (Å²) in [7, 11) is 0. The molecule has 0 spiro atoms. The van der Waals surface area contributed by atoms with Crippen LogP contribution in [0.5, 0.6) is 0 Å². The third kappa shape index (κ3) is 4.35. The number of aryl methyl sites for hydroxylation is 1. The van der Waals surface area contributed by atoms with Gasteiger partial charge in [-0.2, -0.15) is 0 Å². The quantitative estimate of drug-likeness (QED) is 0.690. The first-order valence-corrected chi connectivity index (χ1v) is 8.70. The molecule has 0 saturated heterocycles. The number of amides is 1. The first kappa shape index (κ1) is 16.2. The number of halogens is 2. The van der Waals surface area contributed by atoms with Crippen LogP contribution in [0.25, 0.3) is 0 Å². The van der Waals surface area contributed by atoms with Gasteiger partial charge in [0.2, 0.25) is 0 Å². The first-order valence-electron chi connectivity index (χ1n) is 6.17. The molecule has 0 aliphatic carbocycles. The second-order valence-electron chi connectivity index (χ2n) is 4.37. The van der Waals surface area contributed by atoms with Gasteiger partial charge in [-0.3, -0.25) is 4.79 Å². The molecule has 1 heterocycles. The lowest BCUT2D eigenvalue weighted by Gasteiger charge is -2.19. The number of nitrogens with one attached hydrogen (secondary N) is 1. The van der Waals surface area contributed by atoms with Crippen molar-refractivity contribution in [1.82, 2.24) is 5.32 Å². The average molecular weight is 397 g/mol. The van der Waals surface area contributed by atoms with Gasteiger partial charge in [0.25, 0.3) is 5.91 Å². The van der Waals surface area contributed by atoms with Gasteiger partial charge >= 0.3 is 0 Å². The van der Waals surface area contributed by atoms with Crippen LogP contribution in [0.4, 0.5) is 0 Å². The van der Waals surface area contributed by atoms with Crippen molar-refractivity contribution in [2.45, 2.75) is 38.4 Å². The molecule has 18 heavy (non-hydrogen) atoms. The van der Waals surface area contributed by atoms with Crippen molar-refractivity contribution in [2.75, 3.05) is 6.54 Å². The molecule has 1 amide bonds. The van der Waals surface area contributed by atoms with Gasteiger partial charge in [-0.15, -0.1) is 11.3 Å². The summed E-state index contributed by atoms with van der Waals surface area (Å²) in [6.07, 6.45) is 2.26. The number of hydrogen-bond acceptors (Lipinski definition) is 2. The molecule has 1 unspecified atom stereocenters. The van der Waals surface area contributed by atoms with E-state index in [2.05, 4.69) is 51.0 Å². The molecule has 102 valence electrons. The van der Waals surface area contributed by atoms with Crippen LogP contribution in [0.3, 0.4) is 0 Å². The minimum atomic E-state index is 0.0178. The van der Waals surface area contributed by atoms with E-state index in [0.29, 0.717) is 17.3 Å². The van der Waals surface area contributed by atoms with Gasteiger partial charge in [0.15, 0.2) is 0 Å². The third-order valence-corrected chi connectivity index (χ3v) is 6.31. The SMILES string of the molecule is CCC(CC)C(Br)CNC(=O)c1cc(C)c(Br)s1. The second kappa shape index (κ2) is 7.65. The molecule has 0 aliphatic heterocycles. The average Bonchev–Trinajstić information content (AvgIpc) is 2.68. The van der Waals surface area contributed by atoms with Crippen molar-refractivity contribution >= 4 is 49.1 Å². The highest BCUT2D eigenvalue weighted by atomic mass is 79.9. The Labute approximate surface area is 130 Å². The van der Waals surface area contributed by atoms with E-state index in [1.807, 2.05) is 13.0 Å². The van der Waals surface area contributed by atoms with Crippen LogP contribution in [-0.2, 0) is 0 Å². The van der Waals surface area contributed by atoms with E-state index in [4.69, 9.17) is 0 Å². The highest BCUT2D eigenvalue weighted by Crippen LogP contribution is 2.27. The Hall–Kier alpha value is 0.130. The predicted octanol–water partition coefficient (Wildman–Crippen LogP) is 4.75. The monoisotopic (exact) mass is 395 g/mol. The topological polar surface area (TPSA) is 29.1 Å². The largest absolute Gasteiger partial charge is 0.350 e. The van der Waals surface area contributed by atoms with E-state index in [-0.39, 0.29) is 5.91 Å². The van der Waals surface area contributed by atoms with E-state index in [1.54, 1.807) is 0 Å². The Morgan fingerprint density at radius 1 is 1.44 bits per heavy atom. The first-order chi connectivity index (χ1) is 8.49. The van der Waals surface area contributed by atoms with Gasteiger partial charge in [0.1, 0.15) is 0 Å². The normalized spacial score (nSPS) is 12.8. The van der Waals surface area contributed by atoms with Crippen molar-refractivity contribution in [3.05, 3.63) is 20.3 Å². The summed E-state index contributed by atoms with van der Waals surface area (Å²) in [6.45, 7) is 7.04. The van der Waals surface area contributed by atoms with Gasteiger partial charge < -0.3 is 5.32 Å². The van der Waals surface area contributed by atoms with Crippen LogP contribution in [-0.4, -0.2) is 17.3 Å². The van der Waals surface area contributed by atoms with Crippen LogP contribution in [0.2, 0.25) is 0 Å². The van der Waals surface area contributed by atoms with Crippen molar-refractivity contribution in [2.24, 2.45) is 5.92 Å². The van der Waals surface area contributed by atoms with Crippen LogP contribution < -0.4 is 5.32 Å². The Balaban J connectivity index is 2.51. The van der Waals surface area contributed by atoms with E-state index >= 15 is 0 Å². The van der Waals surface area contributed by atoms with Gasteiger partial charge in [-0.1, -0.05) is 42.6 Å². The number of carbonyl (C=O) groups is 1. The number of carbonyl (C=O) groups excluding carboxylic acids is 1. The molecule has 0 saturated carbocycles. The Morgan fingerprint density at radius 3 is 2.50 bits per heavy atom. The molecule has 0 aliphatic rings. The third-order valence-electron chi connectivity index (χ3n) is 3.10. The summed E-state index contributed by atoms with van der Waals surface area (Å²) >= 11 is 8.59. The van der Waals surface area contributed by atoms with Gasteiger partial charge in [-0.05, 0) is 40.4 Å². The molecule has 1 aromatic rings. The van der Waals surface area contributed by atoms with Crippen molar-refractivity contribution in [3.8, 4) is 0 Å². The van der Waals surface area contributed by atoms with Crippen molar-refractivity contribution in [1.29, 1.82) is 0 Å². The maximum Gasteiger partial charge on any atom is 0.261 e. The number of hydrogen-bond donors (Lipinski definition) is 1. The molecule has 0 aromatic carbocycles. The summed E-state index contributed by atoms with van der Waals surface area (Å²) in [5, 5.41) is 2.99. The molecule has 5 heteroatoms. The molecule has 0 radical (unpaired) electrons. The van der Waals surface area contributed by atoms with Crippen LogP contribution in [0.15, 0.2) is 9.85 Å².